The van der Waals surface area contributed by atoms with Gasteiger partial charge in [0.25, 0.3) is 0 Å². The minimum absolute atomic E-state index is 0.550. The molecule has 1 aliphatic rings. The van der Waals surface area contributed by atoms with Crippen molar-refractivity contribution in [1.82, 2.24) is 4.31 Å². The van der Waals surface area contributed by atoms with E-state index in [0.29, 0.717) is 33.0 Å². The van der Waals surface area contributed by atoms with Crippen LogP contribution < -0.4 is 4.74 Å². The molecule has 0 aromatic heterocycles. The average molecular weight is 280 g/mol. The van der Waals surface area contributed by atoms with E-state index < -0.39 is 0 Å². The predicted molar refractivity (Wildman–Crippen MR) is 75.6 cm³/mol. The van der Waals surface area contributed by atoms with Gasteiger partial charge in [0.2, 0.25) is 0 Å². The molecule has 0 spiro atoms. The van der Waals surface area contributed by atoms with E-state index in [1.54, 1.807) is 4.31 Å². The second kappa shape index (κ2) is 7.43. The van der Waals surface area contributed by atoms with E-state index in [0.717, 1.165) is 11.4 Å². The number of aryl methyl sites for hydroxylation is 1. The molecule has 0 saturated carbocycles. The van der Waals surface area contributed by atoms with E-state index in [4.69, 9.17) is 27.0 Å². The van der Waals surface area contributed by atoms with Crippen LogP contribution in [0.3, 0.4) is 0 Å². The summed E-state index contributed by atoms with van der Waals surface area (Å²) in [6, 6.07) is 7.98. The smallest absolute Gasteiger partial charge is 0.119 e. The largest absolute Gasteiger partial charge is 0.661 e. The maximum atomic E-state index is 5.53. The lowest BCUT2D eigenvalue weighted by Crippen LogP contribution is -2.11. The fraction of sp³-hybridized carbons (Fsp3) is 0.429. The summed E-state index contributed by atoms with van der Waals surface area (Å²) in [5.74, 6) is 0.872. The second-order valence-electron chi connectivity index (χ2n) is 4.27. The van der Waals surface area contributed by atoms with E-state index in [2.05, 4.69) is 6.92 Å². The number of hydrogen-bond donors (Lipinski definition) is 0. The molecule has 1 aromatic rings. The molecular formula is C14H18NO3S-. The third-order valence-electron chi connectivity index (χ3n) is 2.62. The molecule has 0 atom stereocenters. The van der Waals surface area contributed by atoms with Gasteiger partial charge in [0.05, 0.1) is 26.4 Å². The average Bonchev–Trinajstić information content (AvgIpc) is 3.11. The Bertz CT molecular complexity index is 419. The molecule has 1 heterocycles. The molecule has 0 unspecified atom stereocenters. The summed E-state index contributed by atoms with van der Waals surface area (Å²) >= 11 is 4.86. The van der Waals surface area contributed by atoms with Gasteiger partial charge in [0.1, 0.15) is 12.4 Å². The number of nitrogens with zero attached hydrogens (tertiary/aromatic N) is 1. The quantitative estimate of drug-likeness (QED) is 0.510. The van der Waals surface area contributed by atoms with Gasteiger partial charge in [-0.25, -0.2) is 0 Å². The summed E-state index contributed by atoms with van der Waals surface area (Å²) in [7, 11) is 0. The highest BCUT2D eigenvalue weighted by Crippen LogP contribution is 2.17. The van der Waals surface area contributed by atoms with E-state index in [1.165, 1.54) is 5.56 Å². The number of hydrogen-bond acceptors (Lipinski definition) is 5. The molecule has 0 amide bonds. The normalized spacial score (nSPS) is 13.4. The fourth-order valence-corrected chi connectivity index (χ4v) is 1.63. The van der Waals surface area contributed by atoms with Crippen molar-refractivity contribution >= 4 is 12.8 Å². The zero-order valence-electron chi connectivity index (χ0n) is 11.0. The minimum Gasteiger partial charge on any atom is -0.661 e. The zero-order chi connectivity index (χ0) is 13.5. The molecule has 0 fully saturated rings. The van der Waals surface area contributed by atoms with Gasteiger partial charge >= 0.3 is 0 Å². The first-order chi connectivity index (χ1) is 9.25. The lowest BCUT2D eigenvalue weighted by Gasteiger charge is -2.10. The van der Waals surface area contributed by atoms with Crippen LogP contribution in [0.2, 0.25) is 0 Å². The van der Waals surface area contributed by atoms with Crippen molar-refractivity contribution < 1.29 is 14.2 Å². The monoisotopic (exact) mass is 280 g/mol. The van der Waals surface area contributed by atoms with Gasteiger partial charge in [-0.05, 0) is 19.1 Å². The maximum Gasteiger partial charge on any atom is 0.119 e. The Morgan fingerprint density at radius 1 is 1.00 bits per heavy atom. The molecule has 0 saturated heterocycles. The Kier molecular flexibility index (Phi) is 5.57. The topological polar surface area (TPSA) is 30.7 Å². The fourth-order valence-electron chi connectivity index (χ4n) is 1.46. The first-order valence-corrected chi connectivity index (χ1v) is 6.64. The molecule has 2 rings (SSSR count). The van der Waals surface area contributed by atoms with Crippen molar-refractivity contribution in [3.8, 4) is 5.75 Å². The summed E-state index contributed by atoms with van der Waals surface area (Å²) in [4.78, 5) is 0. The Morgan fingerprint density at radius 2 is 1.63 bits per heavy atom. The van der Waals surface area contributed by atoms with E-state index in [1.807, 2.05) is 30.5 Å². The van der Waals surface area contributed by atoms with Crippen LogP contribution in [0, 0.1) is 6.92 Å². The number of benzene rings is 1. The summed E-state index contributed by atoms with van der Waals surface area (Å²) in [6.45, 7) is 4.89. The Morgan fingerprint density at radius 3 is 2.32 bits per heavy atom. The number of ether oxygens (including phenoxy) is 3. The van der Waals surface area contributed by atoms with E-state index in [9.17, 15) is 0 Å². The summed E-state index contributed by atoms with van der Waals surface area (Å²) < 4.78 is 17.9. The van der Waals surface area contributed by atoms with E-state index >= 15 is 0 Å². The Hall–Kier alpha value is -1.17. The molecule has 1 aromatic carbocycles. The molecule has 0 N–H and O–H groups in total. The molecule has 4 nitrogen and oxygen atoms in total. The van der Waals surface area contributed by atoms with Crippen molar-refractivity contribution in [3.63, 3.8) is 0 Å². The zero-order valence-corrected chi connectivity index (χ0v) is 11.8. The van der Waals surface area contributed by atoms with Crippen molar-refractivity contribution in [1.29, 1.82) is 0 Å². The van der Waals surface area contributed by atoms with Crippen LogP contribution in [0.5, 0.6) is 5.75 Å². The summed E-state index contributed by atoms with van der Waals surface area (Å²) in [5, 5.41) is 0. The van der Waals surface area contributed by atoms with Crippen molar-refractivity contribution in [2.24, 2.45) is 0 Å². The standard InChI is InChI=1S/C14H18NO3S/c1-12-2-4-14(5-3-12)18-9-8-16-6-7-17-11-13-10-15(13)19/h2-5,10H,6-9,11H2,1H3/q-1. The SMILES string of the molecule is Cc1ccc(OCCOCCOCC2=CN2[S-])cc1. The lowest BCUT2D eigenvalue weighted by molar-refractivity contribution is 0.0430. The van der Waals surface area contributed by atoms with Gasteiger partial charge in [0.15, 0.2) is 0 Å². The molecule has 0 radical (unpaired) electrons. The predicted octanol–water partition coefficient (Wildman–Crippen LogP) is 2.03. The maximum absolute atomic E-state index is 5.53. The van der Waals surface area contributed by atoms with Crippen LogP contribution in [0.1, 0.15) is 5.56 Å². The van der Waals surface area contributed by atoms with Crippen LogP contribution in [-0.4, -0.2) is 37.3 Å². The molecule has 104 valence electrons. The Labute approximate surface area is 119 Å². The lowest BCUT2D eigenvalue weighted by atomic mass is 10.2. The van der Waals surface area contributed by atoms with Gasteiger partial charge in [-0.15, -0.1) is 0 Å². The molecule has 5 heteroatoms. The summed E-state index contributed by atoms with van der Waals surface area (Å²) in [5.41, 5.74) is 2.28. The van der Waals surface area contributed by atoms with Gasteiger partial charge in [-0.2, -0.15) is 0 Å². The highest BCUT2D eigenvalue weighted by atomic mass is 32.1. The van der Waals surface area contributed by atoms with Crippen molar-refractivity contribution in [2.75, 3.05) is 33.0 Å². The minimum atomic E-state index is 0.550. The molecular weight excluding hydrogens is 262 g/mol. The van der Waals surface area contributed by atoms with Crippen LogP contribution in [0.25, 0.3) is 0 Å². The highest BCUT2D eigenvalue weighted by molar-refractivity contribution is 7.56. The van der Waals surface area contributed by atoms with Crippen LogP contribution >= 0.6 is 0 Å². The van der Waals surface area contributed by atoms with Crippen molar-refractivity contribution in [3.05, 3.63) is 41.7 Å². The van der Waals surface area contributed by atoms with Gasteiger partial charge in [0, 0.05) is 11.9 Å². The van der Waals surface area contributed by atoms with Crippen molar-refractivity contribution in [2.45, 2.75) is 6.92 Å². The molecule has 1 aliphatic heterocycles. The third-order valence-corrected chi connectivity index (χ3v) is 2.96. The molecule has 0 aliphatic carbocycles. The molecule has 0 bridgehead atoms. The van der Waals surface area contributed by atoms with Gasteiger partial charge in [-0.1, -0.05) is 17.7 Å². The van der Waals surface area contributed by atoms with Gasteiger partial charge < -0.3 is 31.3 Å². The third kappa shape index (κ3) is 5.55. The first-order valence-electron chi connectivity index (χ1n) is 6.28. The van der Waals surface area contributed by atoms with Gasteiger partial charge in [-0.3, -0.25) is 0 Å². The number of rotatable bonds is 9. The summed E-state index contributed by atoms with van der Waals surface area (Å²) in [6.07, 6.45) is 1.87. The first kappa shape index (κ1) is 14.2. The van der Waals surface area contributed by atoms with E-state index in [-0.39, 0.29) is 0 Å². The van der Waals surface area contributed by atoms with Crippen LogP contribution in [0.15, 0.2) is 36.2 Å². The van der Waals surface area contributed by atoms with Crippen LogP contribution in [-0.2, 0) is 22.3 Å². The second-order valence-corrected chi connectivity index (χ2v) is 4.67. The molecule has 19 heavy (non-hydrogen) atoms. The van der Waals surface area contributed by atoms with Crippen LogP contribution in [0.4, 0.5) is 0 Å². The Balaban J connectivity index is 1.41. The highest BCUT2D eigenvalue weighted by Gasteiger charge is 2.07.